The molecule has 0 saturated carbocycles. The third-order valence-electron chi connectivity index (χ3n) is 2.12. The Morgan fingerprint density at radius 3 is 2.84 bits per heavy atom. The summed E-state index contributed by atoms with van der Waals surface area (Å²) in [5.74, 6) is -0.455. The Morgan fingerprint density at radius 1 is 1.42 bits per heavy atom. The van der Waals surface area contributed by atoms with E-state index in [2.05, 4.69) is 10.3 Å². The van der Waals surface area contributed by atoms with E-state index in [0.717, 1.165) is 0 Å². The molecule has 1 aromatic carbocycles. The first-order valence-electron chi connectivity index (χ1n) is 5.36. The number of carbonyl (C=O) groups is 2. The molecule has 0 aliphatic carbocycles. The lowest BCUT2D eigenvalue weighted by Crippen LogP contribution is -2.11. The van der Waals surface area contributed by atoms with E-state index >= 15 is 0 Å². The molecule has 1 amide bonds. The Labute approximate surface area is 108 Å². The zero-order chi connectivity index (χ0) is 13.8. The maximum Gasteiger partial charge on any atom is 0.308 e. The highest BCUT2D eigenvalue weighted by molar-refractivity contribution is 6.03. The van der Waals surface area contributed by atoms with Crippen LogP contribution in [0.3, 0.4) is 0 Å². The first-order valence-corrected chi connectivity index (χ1v) is 5.36. The Bertz CT molecular complexity index is 621. The van der Waals surface area contributed by atoms with Crippen molar-refractivity contribution in [2.24, 2.45) is 0 Å². The molecule has 0 bridgehead atoms. The number of hydrogen-bond donors (Lipinski definition) is 2. The van der Waals surface area contributed by atoms with Crippen LogP contribution in [0.15, 0.2) is 34.9 Å². The van der Waals surface area contributed by atoms with Crippen molar-refractivity contribution in [1.82, 2.24) is 4.98 Å². The van der Waals surface area contributed by atoms with Gasteiger partial charge in [0.25, 0.3) is 11.9 Å². The summed E-state index contributed by atoms with van der Waals surface area (Å²) in [4.78, 5) is 26.4. The number of nitrogens with zero attached hydrogens (tertiary/aromatic N) is 1. The van der Waals surface area contributed by atoms with Crippen molar-refractivity contribution < 1.29 is 18.7 Å². The van der Waals surface area contributed by atoms with Crippen molar-refractivity contribution in [1.29, 1.82) is 0 Å². The maximum absolute atomic E-state index is 11.9. The molecule has 0 atom stereocenters. The highest BCUT2D eigenvalue weighted by Gasteiger charge is 2.10. The van der Waals surface area contributed by atoms with E-state index in [4.69, 9.17) is 14.9 Å². The van der Waals surface area contributed by atoms with E-state index in [1.165, 1.54) is 19.2 Å². The summed E-state index contributed by atoms with van der Waals surface area (Å²) in [7, 11) is 0. The van der Waals surface area contributed by atoms with Gasteiger partial charge in [0, 0.05) is 12.5 Å². The van der Waals surface area contributed by atoms with Gasteiger partial charge in [-0.2, -0.15) is 4.98 Å². The molecule has 98 valence electrons. The van der Waals surface area contributed by atoms with E-state index in [1.54, 1.807) is 18.2 Å². The molecule has 0 aliphatic rings. The number of esters is 1. The van der Waals surface area contributed by atoms with Gasteiger partial charge in [0.2, 0.25) is 5.88 Å². The van der Waals surface area contributed by atoms with Crippen molar-refractivity contribution in [2.45, 2.75) is 6.92 Å². The molecule has 0 spiro atoms. The molecular weight excluding hydrogens is 250 g/mol. The van der Waals surface area contributed by atoms with Gasteiger partial charge in [-0.1, -0.05) is 6.07 Å². The van der Waals surface area contributed by atoms with Crippen LogP contribution in [0.4, 0.5) is 11.9 Å². The summed E-state index contributed by atoms with van der Waals surface area (Å²) in [6.45, 7) is 1.28. The zero-order valence-corrected chi connectivity index (χ0v) is 10.0. The summed E-state index contributed by atoms with van der Waals surface area (Å²) in [6.07, 6.45) is 1.29. The van der Waals surface area contributed by atoms with Gasteiger partial charge in [-0.15, -0.1) is 0 Å². The lowest BCUT2D eigenvalue weighted by atomic mass is 10.2. The lowest BCUT2D eigenvalue weighted by Gasteiger charge is -2.04. The number of anilines is 2. The number of aromatic nitrogens is 1. The summed E-state index contributed by atoms with van der Waals surface area (Å²) in [6, 6.07) is 6.15. The number of amides is 1. The molecule has 0 unspecified atom stereocenters. The predicted molar refractivity (Wildman–Crippen MR) is 66.6 cm³/mol. The van der Waals surface area contributed by atoms with Gasteiger partial charge in [-0.3, -0.25) is 14.9 Å². The number of nitrogens with one attached hydrogen (secondary N) is 1. The van der Waals surface area contributed by atoms with Gasteiger partial charge in [0.05, 0.1) is 6.20 Å². The largest absolute Gasteiger partial charge is 0.427 e. The number of nitrogens with two attached hydrogens (primary N) is 1. The van der Waals surface area contributed by atoms with Crippen LogP contribution in [-0.2, 0) is 4.79 Å². The van der Waals surface area contributed by atoms with Gasteiger partial charge < -0.3 is 14.9 Å². The van der Waals surface area contributed by atoms with Gasteiger partial charge in [-0.25, -0.2) is 0 Å². The number of carbonyl (C=O) groups excluding carboxylic acids is 2. The number of hydrogen-bond acceptors (Lipinski definition) is 6. The first-order chi connectivity index (χ1) is 9.04. The summed E-state index contributed by atoms with van der Waals surface area (Å²) in [5, 5.41) is 2.47. The second-order valence-corrected chi connectivity index (χ2v) is 3.64. The molecule has 3 N–H and O–H groups in total. The molecule has 2 rings (SSSR count). The van der Waals surface area contributed by atoms with Crippen LogP contribution in [-0.4, -0.2) is 16.9 Å². The highest BCUT2D eigenvalue weighted by Crippen LogP contribution is 2.16. The zero-order valence-electron chi connectivity index (χ0n) is 10.0. The summed E-state index contributed by atoms with van der Waals surface area (Å²) in [5.41, 5.74) is 5.60. The van der Waals surface area contributed by atoms with Crippen LogP contribution in [0.2, 0.25) is 0 Å². The van der Waals surface area contributed by atoms with Gasteiger partial charge in [0.15, 0.2) is 0 Å². The van der Waals surface area contributed by atoms with Crippen LogP contribution in [0, 0.1) is 0 Å². The highest BCUT2D eigenvalue weighted by atomic mass is 16.5. The van der Waals surface area contributed by atoms with Crippen molar-refractivity contribution in [3.8, 4) is 5.75 Å². The fraction of sp³-hybridized carbons (Fsp3) is 0.0833. The van der Waals surface area contributed by atoms with E-state index < -0.39 is 11.9 Å². The number of nitrogen functional groups attached to an aromatic ring is 1. The minimum Gasteiger partial charge on any atom is -0.427 e. The molecule has 19 heavy (non-hydrogen) atoms. The quantitative estimate of drug-likeness (QED) is 0.639. The van der Waals surface area contributed by atoms with Gasteiger partial charge in [-0.05, 0) is 18.2 Å². The second kappa shape index (κ2) is 5.21. The van der Waals surface area contributed by atoms with Crippen LogP contribution in [0.25, 0.3) is 0 Å². The lowest BCUT2D eigenvalue weighted by molar-refractivity contribution is -0.131. The fourth-order valence-corrected chi connectivity index (χ4v) is 1.40. The fourth-order valence-electron chi connectivity index (χ4n) is 1.40. The third kappa shape index (κ3) is 3.32. The monoisotopic (exact) mass is 261 g/mol. The number of ether oxygens (including phenoxy) is 1. The second-order valence-electron chi connectivity index (χ2n) is 3.64. The minimum atomic E-state index is -0.458. The predicted octanol–water partition coefficient (Wildman–Crippen LogP) is 1.43. The molecule has 0 saturated heterocycles. The van der Waals surface area contributed by atoms with Crippen LogP contribution < -0.4 is 15.8 Å². The van der Waals surface area contributed by atoms with E-state index in [9.17, 15) is 9.59 Å². The van der Waals surface area contributed by atoms with E-state index in [1.807, 2.05) is 0 Å². The Morgan fingerprint density at radius 2 is 2.21 bits per heavy atom. The molecule has 7 heteroatoms. The molecule has 1 aromatic heterocycles. The van der Waals surface area contributed by atoms with Crippen LogP contribution in [0.5, 0.6) is 5.75 Å². The van der Waals surface area contributed by atoms with E-state index in [0.29, 0.717) is 5.56 Å². The Hall–Kier alpha value is -2.83. The van der Waals surface area contributed by atoms with Crippen molar-refractivity contribution in [3.05, 3.63) is 36.0 Å². The molecular formula is C12H11N3O4. The molecule has 0 radical (unpaired) electrons. The summed E-state index contributed by atoms with van der Waals surface area (Å²) >= 11 is 0. The molecule has 2 aromatic rings. The third-order valence-corrected chi connectivity index (χ3v) is 2.12. The normalized spacial score (nSPS) is 9.95. The average Bonchev–Trinajstić information content (AvgIpc) is 2.74. The molecule has 7 nitrogen and oxygen atoms in total. The topological polar surface area (TPSA) is 107 Å². The van der Waals surface area contributed by atoms with Crippen molar-refractivity contribution >= 4 is 23.8 Å². The smallest absolute Gasteiger partial charge is 0.308 e. The molecule has 1 heterocycles. The number of rotatable bonds is 3. The van der Waals surface area contributed by atoms with Crippen LogP contribution >= 0.6 is 0 Å². The SMILES string of the molecule is CC(=O)Oc1cccc(C(=O)Nc2cnc(N)o2)c1. The molecule has 0 fully saturated rings. The van der Waals surface area contributed by atoms with Crippen molar-refractivity contribution in [2.75, 3.05) is 11.1 Å². The Balaban J connectivity index is 2.12. The number of oxazole rings is 1. The molecule has 0 aliphatic heterocycles. The summed E-state index contributed by atoms with van der Waals surface area (Å²) < 4.78 is 9.80. The van der Waals surface area contributed by atoms with Crippen LogP contribution in [0.1, 0.15) is 17.3 Å². The van der Waals surface area contributed by atoms with Crippen molar-refractivity contribution in [3.63, 3.8) is 0 Å². The Kier molecular flexibility index (Phi) is 3.46. The van der Waals surface area contributed by atoms with Gasteiger partial charge >= 0.3 is 5.97 Å². The van der Waals surface area contributed by atoms with E-state index in [-0.39, 0.29) is 17.6 Å². The maximum atomic E-state index is 11.9. The van der Waals surface area contributed by atoms with Gasteiger partial charge in [0.1, 0.15) is 5.75 Å². The minimum absolute atomic E-state index is 0.0380. The first kappa shape index (κ1) is 12.6. The average molecular weight is 261 g/mol. The number of benzene rings is 1. The standard InChI is InChI=1S/C12H11N3O4/c1-7(16)18-9-4-2-3-8(5-9)11(17)15-10-6-14-12(13)19-10/h2-6H,1H3,(H2,13,14)(H,15,17).